The fourth-order valence-corrected chi connectivity index (χ4v) is 2.43. The Bertz CT molecular complexity index is 767. The minimum Gasteiger partial charge on any atom is -0.307 e. The predicted molar refractivity (Wildman–Crippen MR) is 77.3 cm³/mol. The van der Waals surface area contributed by atoms with Gasteiger partial charge in [-0.3, -0.25) is 0 Å². The van der Waals surface area contributed by atoms with Crippen LogP contribution in [0, 0.1) is 12.7 Å². The molecule has 102 valence electrons. The first-order valence-corrected chi connectivity index (χ1v) is 6.84. The number of imidazole rings is 1. The number of fused-ring (bicyclic) bond motifs is 1. The Hall–Kier alpha value is -1.94. The van der Waals surface area contributed by atoms with E-state index in [1.807, 2.05) is 29.7 Å². The van der Waals surface area contributed by atoms with Crippen LogP contribution in [0.4, 0.5) is 4.39 Å². The van der Waals surface area contributed by atoms with Gasteiger partial charge in [-0.25, -0.2) is 14.4 Å². The lowest BCUT2D eigenvalue weighted by molar-refractivity contribution is 0.623. The van der Waals surface area contributed by atoms with E-state index in [0.29, 0.717) is 12.4 Å². The van der Waals surface area contributed by atoms with Gasteiger partial charge in [0.05, 0.1) is 12.4 Å². The van der Waals surface area contributed by atoms with Crippen LogP contribution in [0.2, 0.25) is 0 Å². The summed E-state index contributed by atoms with van der Waals surface area (Å²) in [5.41, 5.74) is 3.37. The lowest BCUT2D eigenvalue weighted by Gasteiger charge is -2.07. The van der Waals surface area contributed by atoms with E-state index >= 15 is 0 Å². The summed E-state index contributed by atoms with van der Waals surface area (Å²) in [5.74, 6) is 0.789. The lowest BCUT2D eigenvalue weighted by atomic mass is 10.2. The number of aryl methyl sites for hydroxylation is 1. The Kier molecular flexibility index (Phi) is 3.40. The van der Waals surface area contributed by atoms with Gasteiger partial charge in [-0.05, 0) is 36.8 Å². The number of pyridine rings is 1. The zero-order valence-corrected chi connectivity index (χ0v) is 11.7. The largest absolute Gasteiger partial charge is 0.307 e. The quantitative estimate of drug-likeness (QED) is 0.689. The molecular formula is C15H13ClFN3. The van der Waals surface area contributed by atoms with Gasteiger partial charge in [0.2, 0.25) is 0 Å². The standard InChI is InChI=1S/C15H13ClFN3/c1-10-5-6-13-15(18-10)20(14(8-16)19-13)9-11-3-2-4-12(17)7-11/h2-7H,8-9H2,1H3. The van der Waals surface area contributed by atoms with Gasteiger partial charge in [0.15, 0.2) is 5.65 Å². The van der Waals surface area contributed by atoms with Crippen molar-refractivity contribution in [3.05, 3.63) is 59.3 Å². The number of halogens is 2. The second-order valence-corrected chi connectivity index (χ2v) is 4.94. The van der Waals surface area contributed by atoms with Gasteiger partial charge < -0.3 is 4.57 Å². The summed E-state index contributed by atoms with van der Waals surface area (Å²) in [6, 6.07) is 10.4. The van der Waals surface area contributed by atoms with Crippen LogP contribution >= 0.6 is 11.6 Å². The first-order valence-electron chi connectivity index (χ1n) is 6.30. The molecule has 0 bridgehead atoms. The van der Waals surface area contributed by atoms with Crippen LogP contribution in [0.3, 0.4) is 0 Å². The molecule has 0 saturated carbocycles. The van der Waals surface area contributed by atoms with Crippen LogP contribution in [0.25, 0.3) is 11.2 Å². The first-order chi connectivity index (χ1) is 9.67. The van der Waals surface area contributed by atoms with Gasteiger partial charge >= 0.3 is 0 Å². The number of hydrogen-bond donors (Lipinski definition) is 0. The monoisotopic (exact) mass is 289 g/mol. The molecule has 0 aliphatic rings. The van der Waals surface area contributed by atoms with Crippen molar-refractivity contribution < 1.29 is 4.39 Å². The second-order valence-electron chi connectivity index (χ2n) is 4.67. The average molecular weight is 290 g/mol. The Morgan fingerprint density at radius 1 is 1.20 bits per heavy atom. The van der Waals surface area contributed by atoms with E-state index in [1.165, 1.54) is 12.1 Å². The van der Waals surface area contributed by atoms with Crippen LogP contribution < -0.4 is 0 Å². The molecule has 0 N–H and O–H groups in total. The number of rotatable bonds is 3. The highest BCUT2D eigenvalue weighted by atomic mass is 35.5. The summed E-state index contributed by atoms with van der Waals surface area (Å²) in [7, 11) is 0. The Labute approximate surface area is 121 Å². The maximum absolute atomic E-state index is 13.3. The molecule has 0 amide bonds. The third-order valence-electron chi connectivity index (χ3n) is 3.16. The summed E-state index contributed by atoms with van der Waals surface area (Å²) >= 11 is 5.96. The zero-order chi connectivity index (χ0) is 14.1. The molecule has 3 rings (SSSR count). The third kappa shape index (κ3) is 2.39. The minimum atomic E-state index is -0.247. The van der Waals surface area contributed by atoms with Gasteiger partial charge in [0, 0.05) is 5.69 Å². The highest BCUT2D eigenvalue weighted by Crippen LogP contribution is 2.18. The van der Waals surface area contributed by atoms with Crippen molar-refractivity contribution in [3.63, 3.8) is 0 Å². The van der Waals surface area contributed by atoms with Gasteiger partial charge in [0.1, 0.15) is 17.2 Å². The smallest absolute Gasteiger partial charge is 0.160 e. The number of alkyl halides is 1. The summed E-state index contributed by atoms with van der Waals surface area (Å²) in [5, 5.41) is 0. The van der Waals surface area contributed by atoms with E-state index in [0.717, 1.165) is 28.2 Å². The van der Waals surface area contributed by atoms with E-state index < -0.39 is 0 Å². The average Bonchev–Trinajstić information content (AvgIpc) is 2.76. The van der Waals surface area contributed by atoms with Crippen molar-refractivity contribution in [1.29, 1.82) is 0 Å². The van der Waals surface area contributed by atoms with Gasteiger partial charge in [-0.2, -0.15) is 0 Å². The van der Waals surface area contributed by atoms with Crippen LogP contribution in [0.5, 0.6) is 0 Å². The van der Waals surface area contributed by atoms with Crippen LogP contribution in [-0.4, -0.2) is 14.5 Å². The molecule has 3 nitrogen and oxygen atoms in total. The molecule has 3 aromatic rings. The SMILES string of the molecule is Cc1ccc2nc(CCl)n(Cc3cccc(F)c3)c2n1. The molecule has 0 saturated heterocycles. The molecule has 5 heteroatoms. The van der Waals surface area contributed by atoms with Crippen molar-refractivity contribution >= 4 is 22.8 Å². The van der Waals surface area contributed by atoms with Crippen molar-refractivity contribution in [1.82, 2.24) is 14.5 Å². The number of hydrogen-bond acceptors (Lipinski definition) is 2. The van der Waals surface area contributed by atoms with Crippen molar-refractivity contribution in [2.75, 3.05) is 0 Å². The maximum atomic E-state index is 13.3. The minimum absolute atomic E-state index is 0.247. The molecule has 0 fully saturated rings. The maximum Gasteiger partial charge on any atom is 0.160 e. The molecule has 0 spiro atoms. The highest BCUT2D eigenvalue weighted by molar-refractivity contribution is 6.16. The topological polar surface area (TPSA) is 30.7 Å². The summed E-state index contributed by atoms with van der Waals surface area (Å²) in [6.07, 6.45) is 0. The molecule has 0 aliphatic carbocycles. The summed E-state index contributed by atoms with van der Waals surface area (Å²) < 4.78 is 15.2. The van der Waals surface area contributed by atoms with Crippen molar-refractivity contribution in [2.45, 2.75) is 19.3 Å². The van der Waals surface area contributed by atoms with Crippen LogP contribution in [-0.2, 0) is 12.4 Å². The molecule has 2 aromatic heterocycles. The van der Waals surface area contributed by atoms with E-state index in [-0.39, 0.29) is 5.82 Å². The number of benzene rings is 1. The van der Waals surface area contributed by atoms with Crippen molar-refractivity contribution in [2.24, 2.45) is 0 Å². The first kappa shape index (κ1) is 13.1. The van der Waals surface area contributed by atoms with E-state index in [9.17, 15) is 4.39 Å². The van der Waals surface area contributed by atoms with Gasteiger partial charge in [-0.1, -0.05) is 12.1 Å². The molecule has 0 aliphatic heterocycles. The second kappa shape index (κ2) is 5.21. The number of nitrogens with zero attached hydrogens (tertiary/aromatic N) is 3. The summed E-state index contributed by atoms with van der Waals surface area (Å²) in [4.78, 5) is 8.98. The number of aromatic nitrogens is 3. The Morgan fingerprint density at radius 3 is 2.80 bits per heavy atom. The van der Waals surface area contributed by atoms with Crippen molar-refractivity contribution in [3.8, 4) is 0 Å². The fourth-order valence-electron chi connectivity index (χ4n) is 2.23. The highest BCUT2D eigenvalue weighted by Gasteiger charge is 2.12. The van der Waals surface area contributed by atoms with E-state index in [4.69, 9.17) is 11.6 Å². The molecule has 0 radical (unpaired) electrons. The van der Waals surface area contributed by atoms with E-state index in [2.05, 4.69) is 9.97 Å². The molecule has 20 heavy (non-hydrogen) atoms. The van der Waals surface area contributed by atoms with Gasteiger partial charge in [0.25, 0.3) is 0 Å². The third-order valence-corrected chi connectivity index (χ3v) is 3.40. The van der Waals surface area contributed by atoms with Gasteiger partial charge in [-0.15, -0.1) is 11.6 Å². The molecule has 2 heterocycles. The normalized spacial score (nSPS) is 11.2. The lowest BCUT2D eigenvalue weighted by Crippen LogP contribution is -2.05. The predicted octanol–water partition coefficient (Wildman–Crippen LogP) is 3.67. The summed E-state index contributed by atoms with van der Waals surface area (Å²) in [6.45, 7) is 2.44. The fraction of sp³-hybridized carbons (Fsp3) is 0.200. The molecule has 0 atom stereocenters. The zero-order valence-electron chi connectivity index (χ0n) is 11.0. The Morgan fingerprint density at radius 2 is 2.05 bits per heavy atom. The molecule has 1 aromatic carbocycles. The molecular weight excluding hydrogens is 277 g/mol. The Balaban J connectivity index is 2.11. The van der Waals surface area contributed by atoms with Crippen LogP contribution in [0.15, 0.2) is 36.4 Å². The van der Waals surface area contributed by atoms with Crippen LogP contribution in [0.1, 0.15) is 17.1 Å². The van der Waals surface area contributed by atoms with E-state index in [1.54, 1.807) is 6.07 Å². The molecule has 0 unspecified atom stereocenters.